The van der Waals surface area contributed by atoms with E-state index in [0.717, 1.165) is 0 Å². The van der Waals surface area contributed by atoms with Gasteiger partial charge in [0, 0.05) is 12.6 Å². The normalized spacial score (nSPS) is 25.4. The molecule has 0 bridgehead atoms. The van der Waals surface area contributed by atoms with Crippen LogP contribution in [0.4, 0.5) is 8.78 Å². The van der Waals surface area contributed by atoms with Crippen molar-refractivity contribution in [2.24, 2.45) is 0 Å². The summed E-state index contributed by atoms with van der Waals surface area (Å²) in [5, 5.41) is 0. The highest BCUT2D eigenvalue weighted by Crippen LogP contribution is 2.54. The largest absolute Gasteiger partial charge is 0.260 e. The van der Waals surface area contributed by atoms with Crippen molar-refractivity contribution in [2.75, 3.05) is 0 Å². The fourth-order valence-electron chi connectivity index (χ4n) is 1.06. The van der Waals surface area contributed by atoms with Gasteiger partial charge in [-0.25, -0.2) is 13.8 Å². The Morgan fingerprint density at radius 1 is 1.50 bits per heavy atom. The molecular formula is C7H5BrF2N2. The van der Waals surface area contributed by atoms with Crippen molar-refractivity contribution in [3.05, 3.63) is 22.7 Å². The smallest absolute Gasteiger partial charge is 0.257 e. The van der Waals surface area contributed by atoms with Gasteiger partial charge in [-0.1, -0.05) is 0 Å². The van der Waals surface area contributed by atoms with E-state index in [1.807, 2.05) is 0 Å². The van der Waals surface area contributed by atoms with Crippen LogP contribution in [0.15, 0.2) is 17.0 Å². The summed E-state index contributed by atoms with van der Waals surface area (Å²) in [6, 6.07) is 0. The quantitative estimate of drug-likeness (QED) is 0.746. The summed E-state index contributed by atoms with van der Waals surface area (Å²) in [5.74, 6) is -3.28. The van der Waals surface area contributed by atoms with Gasteiger partial charge in [-0.05, 0) is 15.9 Å². The van der Waals surface area contributed by atoms with Crippen LogP contribution < -0.4 is 0 Å². The molecule has 12 heavy (non-hydrogen) atoms. The molecule has 0 aliphatic heterocycles. The molecule has 1 fully saturated rings. The van der Waals surface area contributed by atoms with Gasteiger partial charge in [-0.2, -0.15) is 0 Å². The number of aromatic nitrogens is 2. The Morgan fingerprint density at radius 2 is 2.17 bits per heavy atom. The molecule has 1 saturated carbocycles. The molecule has 1 atom stereocenters. The highest BCUT2D eigenvalue weighted by atomic mass is 79.9. The van der Waals surface area contributed by atoms with Gasteiger partial charge in [0.1, 0.15) is 4.60 Å². The van der Waals surface area contributed by atoms with E-state index in [-0.39, 0.29) is 6.42 Å². The van der Waals surface area contributed by atoms with Gasteiger partial charge in [0.05, 0.1) is 17.8 Å². The molecule has 1 aromatic rings. The molecule has 0 amide bonds. The van der Waals surface area contributed by atoms with E-state index in [1.54, 1.807) is 0 Å². The Balaban J connectivity index is 2.26. The highest BCUT2D eigenvalue weighted by molar-refractivity contribution is 9.10. The van der Waals surface area contributed by atoms with Gasteiger partial charge < -0.3 is 0 Å². The van der Waals surface area contributed by atoms with Crippen molar-refractivity contribution in [3.8, 4) is 0 Å². The zero-order valence-corrected chi connectivity index (χ0v) is 7.55. The monoisotopic (exact) mass is 234 g/mol. The zero-order valence-electron chi connectivity index (χ0n) is 5.97. The fourth-order valence-corrected chi connectivity index (χ4v) is 1.38. The SMILES string of the molecule is FC1(F)CC1c1cncc(Br)n1. The van der Waals surface area contributed by atoms with Crippen molar-refractivity contribution < 1.29 is 8.78 Å². The van der Waals surface area contributed by atoms with Crippen LogP contribution in [0.2, 0.25) is 0 Å². The third kappa shape index (κ3) is 1.33. The molecule has 0 saturated heterocycles. The minimum Gasteiger partial charge on any atom is -0.260 e. The number of hydrogen-bond acceptors (Lipinski definition) is 2. The first-order chi connectivity index (χ1) is 5.59. The van der Waals surface area contributed by atoms with Gasteiger partial charge >= 0.3 is 0 Å². The van der Waals surface area contributed by atoms with E-state index >= 15 is 0 Å². The third-order valence-corrected chi connectivity index (χ3v) is 2.19. The topological polar surface area (TPSA) is 25.8 Å². The maximum atomic E-state index is 12.5. The lowest BCUT2D eigenvalue weighted by atomic mass is 10.3. The average molecular weight is 235 g/mol. The number of rotatable bonds is 1. The predicted octanol–water partition coefficient (Wildman–Crippen LogP) is 2.36. The second-order valence-electron chi connectivity index (χ2n) is 2.78. The molecule has 0 spiro atoms. The molecule has 5 heteroatoms. The average Bonchev–Trinajstić information content (AvgIpc) is 2.60. The van der Waals surface area contributed by atoms with Gasteiger partial charge in [0.15, 0.2) is 0 Å². The summed E-state index contributed by atoms with van der Waals surface area (Å²) in [4.78, 5) is 7.67. The van der Waals surface area contributed by atoms with Gasteiger partial charge in [0.25, 0.3) is 5.92 Å². The summed E-state index contributed by atoms with van der Waals surface area (Å²) < 4.78 is 25.6. The molecule has 0 radical (unpaired) electrons. The molecule has 1 unspecified atom stereocenters. The maximum Gasteiger partial charge on any atom is 0.257 e. The van der Waals surface area contributed by atoms with Crippen LogP contribution in [-0.4, -0.2) is 15.9 Å². The number of hydrogen-bond donors (Lipinski definition) is 0. The van der Waals surface area contributed by atoms with Crippen LogP contribution in [0, 0.1) is 0 Å². The molecule has 2 nitrogen and oxygen atoms in total. The van der Waals surface area contributed by atoms with Crippen LogP contribution in [0.5, 0.6) is 0 Å². The molecule has 2 rings (SSSR count). The van der Waals surface area contributed by atoms with E-state index in [4.69, 9.17) is 0 Å². The van der Waals surface area contributed by atoms with Crippen molar-refractivity contribution >= 4 is 15.9 Å². The number of alkyl halides is 2. The van der Waals surface area contributed by atoms with Crippen LogP contribution in [0.25, 0.3) is 0 Å². The second-order valence-corrected chi connectivity index (χ2v) is 3.60. The second kappa shape index (κ2) is 2.45. The molecule has 1 aliphatic rings. The number of nitrogens with zero attached hydrogens (tertiary/aromatic N) is 2. The highest BCUT2D eigenvalue weighted by Gasteiger charge is 2.58. The summed E-state index contributed by atoms with van der Waals surface area (Å²) >= 11 is 3.08. The molecular weight excluding hydrogens is 230 g/mol. The Hall–Kier alpha value is -0.580. The van der Waals surface area contributed by atoms with E-state index in [1.165, 1.54) is 12.4 Å². The summed E-state index contributed by atoms with van der Waals surface area (Å²) in [7, 11) is 0. The lowest BCUT2D eigenvalue weighted by Gasteiger charge is -1.97. The summed E-state index contributed by atoms with van der Waals surface area (Å²) in [6.07, 6.45) is 2.76. The van der Waals surface area contributed by atoms with Crippen LogP contribution in [-0.2, 0) is 0 Å². The summed E-state index contributed by atoms with van der Waals surface area (Å²) in [6.45, 7) is 0. The Labute approximate surface area is 76.2 Å². The Bertz CT molecular complexity index is 316. The van der Waals surface area contributed by atoms with E-state index < -0.39 is 11.8 Å². The minimum atomic E-state index is -2.56. The summed E-state index contributed by atoms with van der Waals surface area (Å²) in [5.41, 5.74) is 0.370. The van der Waals surface area contributed by atoms with Crippen LogP contribution in [0.1, 0.15) is 18.0 Å². The van der Waals surface area contributed by atoms with Crippen molar-refractivity contribution in [1.82, 2.24) is 9.97 Å². The first-order valence-corrected chi connectivity index (χ1v) is 4.24. The van der Waals surface area contributed by atoms with E-state index in [9.17, 15) is 8.78 Å². The van der Waals surface area contributed by atoms with Crippen molar-refractivity contribution in [2.45, 2.75) is 18.3 Å². The van der Waals surface area contributed by atoms with E-state index in [0.29, 0.717) is 10.3 Å². The molecule has 0 N–H and O–H groups in total. The Kier molecular flexibility index (Phi) is 1.64. The molecule has 0 aromatic carbocycles. The Morgan fingerprint density at radius 3 is 2.67 bits per heavy atom. The lowest BCUT2D eigenvalue weighted by molar-refractivity contribution is 0.111. The predicted molar refractivity (Wildman–Crippen MR) is 42.0 cm³/mol. The molecule has 64 valence electrons. The first kappa shape index (κ1) is 8.04. The third-order valence-electron chi connectivity index (χ3n) is 1.81. The maximum absolute atomic E-state index is 12.5. The van der Waals surface area contributed by atoms with Gasteiger partial charge in [0.2, 0.25) is 0 Å². The fraction of sp³-hybridized carbons (Fsp3) is 0.429. The minimum absolute atomic E-state index is 0.0991. The molecule has 1 aromatic heterocycles. The zero-order chi connectivity index (χ0) is 8.77. The lowest BCUT2D eigenvalue weighted by Crippen LogP contribution is -1.96. The number of halogens is 3. The van der Waals surface area contributed by atoms with Crippen LogP contribution >= 0.6 is 15.9 Å². The van der Waals surface area contributed by atoms with Crippen molar-refractivity contribution in [1.29, 1.82) is 0 Å². The van der Waals surface area contributed by atoms with Crippen molar-refractivity contribution in [3.63, 3.8) is 0 Å². The van der Waals surface area contributed by atoms with Crippen LogP contribution in [0.3, 0.4) is 0 Å². The van der Waals surface area contributed by atoms with Gasteiger partial charge in [-0.3, -0.25) is 4.98 Å². The van der Waals surface area contributed by atoms with Gasteiger partial charge in [-0.15, -0.1) is 0 Å². The first-order valence-electron chi connectivity index (χ1n) is 3.45. The molecule has 1 aliphatic carbocycles. The standard InChI is InChI=1S/C7H5BrF2N2/c8-6-3-11-2-5(12-6)4-1-7(4,9)10/h2-4H,1H2. The molecule has 1 heterocycles. The van der Waals surface area contributed by atoms with E-state index in [2.05, 4.69) is 25.9 Å².